The topological polar surface area (TPSA) is 55.4 Å². The lowest BCUT2D eigenvalue weighted by atomic mass is 9.93. The van der Waals surface area contributed by atoms with E-state index in [-0.39, 0.29) is 11.9 Å². The van der Waals surface area contributed by atoms with E-state index in [1.165, 1.54) is 5.56 Å². The maximum Gasteiger partial charge on any atom is 0.339 e. The van der Waals surface area contributed by atoms with Crippen molar-refractivity contribution in [1.82, 2.24) is 5.32 Å². The van der Waals surface area contributed by atoms with Gasteiger partial charge in [0.1, 0.15) is 0 Å². The molecule has 1 aliphatic heterocycles. The number of esters is 1. The van der Waals surface area contributed by atoms with Crippen molar-refractivity contribution in [2.75, 3.05) is 0 Å². The highest BCUT2D eigenvalue weighted by Crippen LogP contribution is 2.34. The molecule has 1 amide bonds. The van der Waals surface area contributed by atoms with Crippen LogP contribution in [0.15, 0.2) is 54.6 Å². The van der Waals surface area contributed by atoms with Crippen molar-refractivity contribution in [3.8, 4) is 0 Å². The number of carbonyl (C=O) groups excluding carboxylic acids is 2. The highest BCUT2D eigenvalue weighted by atomic mass is 16.5. The maximum atomic E-state index is 12.7. The van der Waals surface area contributed by atoms with E-state index in [0.29, 0.717) is 17.9 Å². The summed E-state index contributed by atoms with van der Waals surface area (Å²) >= 11 is 0. The van der Waals surface area contributed by atoms with Crippen LogP contribution in [-0.2, 0) is 16.0 Å². The lowest BCUT2D eigenvalue weighted by Crippen LogP contribution is -2.46. The van der Waals surface area contributed by atoms with Gasteiger partial charge in [0.25, 0.3) is 5.91 Å². The molecule has 0 bridgehead atoms. The number of amides is 1. The fourth-order valence-corrected chi connectivity index (χ4v) is 3.99. The molecule has 1 aliphatic carbocycles. The van der Waals surface area contributed by atoms with Crippen LogP contribution in [0, 0.1) is 0 Å². The van der Waals surface area contributed by atoms with Crippen LogP contribution in [0.1, 0.15) is 46.7 Å². The lowest BCUT2D eigenvalue weighted by molar-refractivity contribution is -0.131. The average Bonchev–Trinajstić information content (AvgIpc) is 3.10. The largest absolute Gasteiger partial charge is 0.448 e. The Balaban J connectivity index is 1.46. The fourth-order valence-electron chi connectivity index (χ4n) is 3.99. The Hall–Kier alpha value is -2.62. The van der Waals surface area contributed by atoms with Crippen LogP contribution < -0.4 is 5.32 Å². The molecule has 0 spiro atoms. The molecule has 1 heterocycles. The molecule has 128 valence electrons. The van der Waals surface area contributed by atoms with E-state index in [9.17, 15) is 9.59 Å². The number of benzene rings is 2. The molecule has 25 heavy (non-hydrogen) atoms. The summed E-state index contributed by atoms with van der Waals surface area (Å²) in [5.74, 6) is -0.263. The van der Waals surface area contributed by atoms with Gasteiger partial charge in [-0.25, -0.2) is 4.79 Å². The van der Waals surface area contributed by atoms with E-state index in [1.807, 2.05) is 36.4 Å². The smallest absolute Gasteiger partial charge is 0.339 e. The molecule has 0 saturated heterocycles. The molecule has 1 fully saturated rings. The summed E-state index contributed by atoms with van der Waals surface area (Å²) in [5.41, 5.74) is 2.70. The van der Waals surface area contributed by atoms with E-state index in [4.69, 9.17) is 4.74 Å². The van der Waals surface area contributed by atoms with Gasteiger partial charge < -0.3 is 10.1 Å². The highest BCUT2D eigenvalue weighted by Gasteiger charge is 2.35. The first-order valence-corrected chi connectivity index (χ1v) is 8.86. The van der Waals surface area contributed by atoms with E-state index in [0.717, 1.165) is 24.8 Å². The summed E-state index contributed by atoms with van der Waals surface area (Å²) in [5, 5.41) is 3.13. The number of nitrogens with one attached hydrogen (secondary N) is 1. The summed E-state index contributed by atoms with van der Waals surface area (Å²) < 4.78 is 5.37. The summed E-state index contributed by atoms with van der Waals surface area (Å²) in [7, 11) is 0. The van der Waals surface area contributed by atoms with E-state index < -0.39 is 12.1 Å². The molecule has 4 nitrogen and oxygen atoms in total. The van der Waals surface area contributed by atoms with Crippen LogP contribution in [0.3, 0.4) is 0 Å². The van der Waals surface area contributed by atoms with Crippen molar-refractivity contribution < 1.29 is 14.3 Å². The third-order valence-corrected chi connectivity index (χ3v) is 5.26. The monoisotopic (exact) mass is 335 g/mol. The number of carbonyl (C=O) groups is 2. The van der Waals surface area contributed by atoms with Crippen molar-refractivity contribution in [3.63, 3.8) is 0 Å². The second kappa shape index (κ2) is 6.71. The van der Waals surface area contributed by atoms with Crippen LogP contribution in [-0.4, -0.2) is 24.0 Å². The minimum Gasteiger partial charge on any atom is -0.448 e. The molecule has 4 heteroatoms. The quantitative estimate of drug-likeness (QED) is 0.876. The maximum absolute atomic E-state index is 12.7. The van der Waals surface area contributed by atoms with Crippen LogP contribution in [0.25, 0.3) is 0 Å². The number of cyclic esters (lactones) is 1. The van der Waals surface area contributed by atoms with Crippen molar-refractivity contribution in [2.24, 2.45) is 0 Å². The summed E-state index contributed by atoms with van der Waals surface area (Å²) in [6.07, 6.45) is 2.83. The second-order valence-corrected chi connectivity index (χ2v) is 6.82. The molecule has 1 saturated carbocycles. The van der Waals surface area contributed by atoms with E-state index in [2.05, 4.69) is 17.4 Å². The molecule has 0 aromatic heterocycles. The van der Waals surface area contributed by atoms with Gasteiger partial charge in [0.05, 0.1) is 5.56 Å². The molecule has 2 aliphatic rings. The van der Waals surface area contributed by atoms with Gasteiger partial charge in [-0.15, -0.1) is 0 Å². The Kier molecular flexibility index (Phi) is 4.26. The predicted molar refractivity (Wildman–Crippen MR) is 94.3 cm³/mol. The Morgan fingerprint density at radius 1 is 1.00 bits per heavy atom. The molecule has 1 N–H and O–H groups in total. The van der Waals surface area contributed by atoms with E-state index in [1.54, 1.807) is 6.07 Å². The normalized spacial score (nSPS) is 25.1. The Morgan fingerprint density at radius 2 is 1.76 bits per heavy atom. The zero-order valence-corrected chi connectivity index (χ0v) is 14.0. The van der Waals surface area contributed by atoms with Crippen molar-refractivity contribution in [3.05, 3.63) is 71.3 Å². The highest BCUT2D eigenvalue weighted by molar-refractivity contribution is 5.95. The second-order valence-electron chi connectivity index (χ2n) is 6.82. The minimum atomic E-state index is -0.737. The first-order valence-electron chi connectivity index (χ1n) is 8.86. The van der Waals surface area contributed by atoms with Gasteiger partial charge in [-0.1, -0.05) is 55.0 Å². The molecule has 2 aromatic rings. The Bertz CT molecular complexity index is 787. The van der Waals surface area contributed by atoms with Gasteiger partial charge in [-0.2, -0.15) is 0 Å². The number of ether oxygens (including phenoxy) is 1. The van der Waals surface area contributed by atoms with Gasteiger partial charge >= 0.3 is 5.97 Å². The molecular formula is C21H21NO3. The zero-order chi connectivity index (χ0) is 17.2. The van der Waals surface area contributed by atoms with Crippen molar-refractivity contribution in [1.29, 1.82) is 0 Å². The van der Waals surface area contributed by atoms with E-state index >= 15 is 0 Å². The van der Waals surface area contributed by atoms with Gasteiger partial charge in [-0.3, -0.25) is 4.79 Å². The number of hydrogen-bond acceptors (Lipinski definition) is 3. The zero-order valence-electron chi connectivity index (χ0n) is 14.0. The molecular weight excluding hydrogens is 314 g/mol. The lowest BCUT2D eigenvalue weighted by Gasteiger charge is -2.27. The molecule has 0 radical (unpaired) electrons. The SMILES string of the molecule is O=C1O[C@@H](C(=O)N[C@@H]2CCC[C@H]2c2ccccc2)Cc2ccccc21. The summed E-state index contributed by atoms with van der Waals surface area (Å²) in [6.45, 7) is 0. The number of fused-ring (bicyclic) bond motifs is 1. The fraction of sp³-hybridized carbons (Fsp3) is 0.333. The molecule has 3 atom stereocenters. The van der Waals surface area contributed by atoms with Crippen molar-refractivity contribution in [2.45, 2.75) is 43.7 Å². The van der Waals surface area contributed by atoms with Gasteiger partial charge in [0.15, 0.2) is 6.10 Å². The molecule has 4 rings (SSSR count). The van der Waals surface area contributed by atoms with Crippen LogP contribution in [0.4, 0.5) is 0 Å². The standard InChI is InChI=1S/C21H21NO3/c23-20(19-13-15-9-4-5-10-17(15)21(24)25-19)22-18-12-6-11-16(18)14-7-2-1-3-8-14/h1-5,7-10,16,18-19H,6,11-13H2,(H,22,23)/t16-,18+,19+/m0/s1. The number of rotatable bonds is 3. The Labute approximate surface area is 147 Å². The molecule has 0 unspecified atom stereocenters. The molecule has 2 aromatic carbocycles. The van der Waals surface area contributed by atoms with Gasteiger partial charge in [-0.05, 0) is 30.0 Å². The predicted octanol–water partition coefficient (Wildman–Crippen LogP) is 3.22. The first-order chi connectivity index (χ1) is 12.2. The number of hydrogen-bond donors (Lipinski definition) is 1. The summed E-state index contributed by atoms with van der Waals surface area (Å²) in [4.78, 5) is 24.8. The van der Waals surface area contributed by atoms with Crippen LogP contribution in [0.2, 0.25) is 0 Å². The van der Waals surface area contributed by atoms with Gasteiger partial charge in [0.2, 0.25) is 0 Å². The minimum absolute atomic E-state index is 0.103. The third-order valence-electron chi connectivity index (χ3n) is 5.26. The van der Waals surface area contributed by atoms with Crippen LogP contribution in [0.5, 0.6) is 0 Å². The van der Waals surface area contributed by atoms with Crippen LogP contribution >= 0.6 is 0 Å². The average molecular weight is 335 g/mol. The first kappa shape index (κ1) is 15.9. The Morgan fingerprint density at radius 3 is 2.60 bits per heavy atom. The third kappa shape index (κ3) is 3.16. The summed E-state index contributed by atoms with van der Waals surface area (Å²) in [6, 6.07) is 17.7. The van der Waals surface area contributed by atoms with Gasteiger partial charge in [0, 0.05) is 18.4 Å². The van der Waals surface area contributed by atoms with Crippen molar-refractivity contribution >= 4 is 11.9 Å².